The summed E-state index contributed by atoms with van der Waals surface area (Å²) in [6, 6.07) is 23.0. The summed E-state index contributed by atoms with van der Waals surface area (Å²) in [4.78, 5) is 17.8. The van der Waals surface area contributed by atoms with Gasteiger partial charge >= 0.3 is 0 Å². The maximum Gasteiger partial charge on any atom is 0.254 e. The number of nitrogens with zero attached hydrogens (tertiary/aromatic N) is 1. The Morgan fingerprint density at radius 1 is 0.966 bits per heavy atom. The van der Waals surface area contributed by atoms with E-state index in [1.54, 1.807) is 11.3 Å². The van der Waals surface area contributed by atoms with Crippen LogP contribution in [-0.2, 0) is 13.0 Å². The quantitative estimate of drug-likeness (QED) is 0.424. The molecule has 0 saturated carbocycles. The Labute approximate surface area is 185 Å². The molecule has 0 bridgehead atoms. The number of hydrogen-bond acceptors (Lipinski definition) is 4. The first-order valence-corrected chi connectivity index (χ1v) is 12.8. The molecule has 1 aliphatic heterocycles. The summed E-state index contributed by atoms with van der Waals surface area (Å²) in [5.41, 5.74) is 3.36. The SMILES string of the molecule is Cc1ccc(CN(CCc2ccccc2)C(=O)c2ccc(C3SCCS3)cc2)s1. The molecule has 29 heavy (non-hydrogen) atoms. The van der Waals surface area contributed by atoms with E-state index >= 15 is 0 Å². The molecular weight excluding hydrogens is 414 g/mol. The van der Waals surface area contributed by atoms with Crippen molar-refractivity contribution >= 4 is 40.8 Å². The summed E-state index contributed by atoms with van der Waals surface area (Å²) in [5, 5.41) is 0. The summed E-state index contributed by atoms with van der Waals surface area (Å²) in [5.74, 6) is 2.54. The Hall–Kier alpha value is -1.69. The van der Waals surface area contributed by atoms with Gasteiger partial charge in [0.1, 0.15) is 0 Å². The van der Waals surface area contributed by atoms with E-state index < -0.39 is 0 Å². The van der Waals surface area contributed by atoms with E-state index in [-0.39, 0.29) is 5.91 Å². The van der Waals surface area contributed by atoms with Gasteiger partial charge in [-0.2, -0.15) is 0 Å². The standard InChI is InChI=1S/C24H25NOS3/c1-18-7-12-22(29-18)17-25(14-13-19-5-3-2-4-6-19)23(26)20-8-10-21(11-9-20)24-27-15-16-28-24/h2-12,24H,13-17H2,1H3. The average molecular weight is 440 g/mol. The molecule has 0 N–H and O–H groups in total. The van der Waals surface area contributed by atoms with Gasteiger partial charge < -0.3 is 4.90 Å². The molecular formula is C24H25NOS3. The zero-order chi connectivity index (χ0) is 20.1. The number of rotatable bonds is 7. The monoisotopic (exact) mass is 439 g/mol. The largest absolute Gasteiger partial charge is 0.333 e. The fraction of sp³-hybridized carbons (Fsp3) is 0.292. The number of thiophene rings is 1. The molecule has 1 amide bonds. The van der Waals surface area contributed by atoms with Gasteiger partial charge in [0.2, 0.25) is 0 Å². The van der Waals surface area contributed by atoms with Crippen LogP contribution < -0.4 is 0 Å². The summed E-state index contributed by atoms with van der Waals surface area (Å²) < 4.78 is 0.516. The minimum Gasteiger partial charge on any atom is -0.333 e. The van der Waals surface area contributed by atoms with Crippen molar-refractivity contribution in [2.24, 2.45) is 0 Å². The molecule has 1 fully saturated rings. The highest BCUT2D eigenvalue weighted by molar-refractivity contribution is 8.19. The molecule has 0 atom stereocenters. The Morgan fingerprint density at radius 3 is 2.34 bits per heavy atom. The van der Waals surface area contributed by atoms with Crippen molar-refractivity contribution in [1.82, 2.24) is 4.90 Å². The molecule has 4 rings (SSSR count). The second-order valence-corrected chi connectivity index (χ2v) is 11.3. The molecule has 0 aliphatic carbocycles. The highest BCUT2D eigenvalue weighted by Gasteiger charge is 2.20. The third-order valence-corrected chi connectivity index (χ3v) is 9.08. The Balaban J connectivity index is 1.49. The number of benzene rings is 2. The molecule has 0 spiro atoms. The van der Waals surface area contributed by atoms with Gasteiger partial charge in [-0.1, -0.05) is 42.5 Å². The van der Waals surface area contributed by atoms with Crippen LogP contribution in [0.1, 0.15) is 35.8 Å². The fourth-order valence-corrected chi connectivity index (χ4v) is 7.20. The lowest BCUT2D eigenvalue weighted by Gasteiger charge is -2.23. The number of carbonyl (C=O) groups is 1. The van der Waals surface area contributed by atoms with E-state index in [1.807, 2.05) is 46.6 Å². The molecule has 2 aromatic carbocycles. The van der Waals surface area contributed by atoms with Gasteiger partial charge in [0.05, 0.1) is 11.1 Å². The van der Waals surface area contributed by atoms with Crippen molar-refractivity contribution in [2.45, 2.75) is 24.5 Å². The van der Waals surface area contributed by atoms with Crippen LogP contribution in [0.25, 0.3) is 0 Å². The second kappa shape index (κ2) is 9.88. The van der Waals surface area contributed by atoms with Gasteiger partial charge in [0.25, 0.3) is 5.91 Å². The number of thioether (sulfide) groups is 2. The molecule has 0 unspecified atom stereocenters. The smallest absolute Gasteiger partial charge is 0.254 e. The van der Waals surface area contributed by atoms with E-state index in [4.69, 9.17) is 0 Å². The topological polar surface area (TPSA) is 20.3 Å². The molecule has 0 radical (unpaired) electrons. The Bertz CT molecular complexity index is 930. The van der Waals surface area contributed by atoms with E-state index in [0.29, 0.717) is 11.1 Å². The number of carbonyl (C=O) groups excluding carboxylic acids is 1. The number of amides is 1. The van der Waals surface area contributed by atoms with Crippen LogP contribution in [0.5, 0.6) is 0 Å². The van der Waals surface area contributed by atoms with Crippen LogP contribution in [0.2, 0.25) is 0 Å². The van der Waals surface area contributed by atoms with Gasteiger partial charge in [0, 0.05) is 33.4 Å². The molecule has 3 aromatic rings. The minimum atomic E-state index is 0.116. The third kappa shape index (κ3) is 5.47. The van der Waals surface area contributed by atoms with Gasteiger partial charge in [-0.05, 0) is 48.7 Å². The first kappa shape index (κ1) is 20.6. The molecule has 1 saturated heterocycles. The first-order chi connectivity index (χ1) is 14.2. The van der Waals surface area contributed by atoms with Gasteiger partial charge in [0.15, 0.2) is 0 Å². The van der Waals surface area contributed by atoms with Crippen LogP contribution in [0.4, 0.5) is 0 Å². The molecule has 5 heteroatoms. The van der Waals surface area contributed by atoms with Crippen LogP contribution in [-0.4, -0.2) is 28.9 Å². The van der Waals surface area contributed by atoms with E-state index in [1.165, 1.54) is 32.4 Å². The zero-order valence-corrected chi connectivity index (χ0v) is 19.0. The number of hydrogen-bond donors (Lipinski definition) is 0. The predicted octanol–water partition coefficient (Wildman–Crippen LogP) is 6.42. The van der Waals surface area contributed by atoms with Gasteiger partial charge in [-0.3, -0.25) is 4.79 Å². The Morgan fingerprint density at radius 2 is 1.69 bits per heavy atom. The van der Waals surface area contributed by atoms with Gasteiger partial charge in [-0.25, -0.2) is 0 Å². The normalized spacial score (nSPS) is 14.2. The van der Waals surface area contributed by atoms with Crippen LogP contribution in [0.15, 0.2) is 66.7 Å². The van der Waals surface area contributed by atoms with E-state index in [0.717, 1.165) is 18.5 Å². The van der Waals surface area contributed by atoms with Crippen molar-refractivity contribution in [3.05, 3.63) is 93.2 Å². The van der Waals surface area contributed by atoms with Crippen molar-refractivity contribution < 1.29 is 4.79 Å². The van der Waals surface area contributed by atoms with Crippen molar-refractivity contribution in [1.29, 1.82) is 0 Å². The van der Waals surface area contributed by atoms with Crippen LogP contribution in [0.3, 0.4) is 0 Å². The van der Waals surface area contributed by atoms with E-state index in [9.17, 15) is 4.79 Å². The molecule has 1 aliphatic rings. The van der Waals surface area contributed by atoms with Crippen LogP contribution in [0, 0.1) is 6.92 Å². The highest BCUT2D eigenvalue weighted by Crippen LogP contribution is 2.45. The van der Waals surface area contributed by atoms with Crippen molar-refractivity contribution in [3.8, 4) is 0 Å². The summed E-state index contributed by atoms with van der Waals surface area (Å²) in [6.07, 6.45) is 0.865. The minimum absolute atomic E-state index is 0.116. The first-order valence-electron chi connectivity index (χ1n) is 9.91. The summed E-state index contributed by atoms with van der Waals surface area (Å²) >= 11 is 5.76. The summed E-state index contributed by atoms with van der Waals surface area (Å²) in [7, 11) is 0. The molecule has 2 heterocycles. The molecule has 2 nitrogen and oxygen atoms in total. The third-order valence-electron chi connectivity index (χ3n) is 4.99. The zero-order valence-electron chi connectivity index (χ0n) is 16.5. The Kier molecular flexibility index (Phi) is 7.01. The maximum absolute atomic E-state index is 13.3. The maximum atomic E-state index is 13.3. The summed E-state index contributed by atoms with van der Waals surface area (Å²) in [6.45, 7) is 3.50. The lowest BCUT2D eigenvalue weighted by atomic mass is 10.1. The highest BCUT2D eigenvalue weighted by atomic mass is 32.2. The van der Waals surface area contributed by atoms with Crippen molar-refractivity contribution in [2.75, 3.05) is 18.1 Å². The average Bonchev–Trinajstić information content (AvgIpc) is 3.43. The predicted molar refractivity (Wildman–Crippen MR) is 128 cm³/mol. The lowest BCUT2D eigenvalue weighted by Crippen LogP contribution is -2.32. The lowest BCUT2D eigenvalue weighted by molar-refractivity contribution is 0.0746. The molecule has 1 aromatic heterocycles. The van der Waals surface area contributed by atoms with Crippen LogP contribution >= 0.6 is 34.9 Å². The fourth-order valence-electron chi connectivity index (χ4n) is 3.44. The van der Waals surface area contributed by atoms with Gasteiger partial charge in [-0.15, -0.1) is 34.9 Å². The second-order valence-electron chi connectivity index (χ2n) is 7.17. The molecule has 150 valence electrons. The van der Waals surface area contributed by atoms with E-state index in [2.05, 4.69) is 55.5 Å². The van der Waals surface area contributed by atoms with Crippen molar-refractivity contribution in [3.63, 3.8) is 0 Å². The number of aryl methyl sites for hydroxylation is 1.